The van der Waals surface area contributed by atoms with Gasteiger partial charge in [-0.3, -0.25) is 4.79 Å². The summed E-state index contributed by atoms with van der Waals surface area (Å²) in [5.41, 5.74) is 0.0309. The van der Waals surface area contributed by atoms with E-state index < -0.39 is 11.7 Å². The van der Waals surface area contributed by atoms with Crippen molar-refractivity contribution in [3.8, 4) is 0 Å². The smallest absolute Gasteiger partial charge is 0.408 e. The first-order valence-corrected chi connectivity index (χ1v) is 9.29. The van der Waals surface area contributed by atoms with Gasteiger partial charge in [-0.15, -0.1) is 10.2 Å². The average molecular weight is 397 g/mol. The molecule has 0 aliphatic heterocycles. The molecule has 0 atom stereocenters. The number of aromatic nitrogens is 3. The summed E-state index contributed by atoms with van der Waals surface area (Å²) < 4.78 is 6.91. The van der Waals surface area contributed by atoms with Crippen LogP contribution in [0.3, 0.4) is 0 Å². The van der Waals surface area contributed by atoms with Crippen molar-refractivity contribution in [2.45, 2.75) is 38.1 Å². The Kier molecular flexibility index (Phi) is 6.66. The Morgan fingerprint density at radius 1 is 1.23 bits per heavy atom. The molecule has 1 aromatic heterocycles. The third-order valence-electron chi connectivity index (χ3n) is 3.21. The Balaban J connectivity index is 1.89. The molecule has 1 amide bonds. The van der Waals surface area contributed by atoms with Crippen LogP contribution in [-0.2, 0) is 18.3 Å². The van der Waals surface area contributed by atoms with Gasteiger partial charge in [-0.1, -0.05) is 23.4 Å². The summed E-state index contributed by atoms with van der Waals surface area (Å²) in [7, 11) is 1.78. The minimum Gasteiger partial charge on any atom is -0.444 e. The van der Waals surface area contributed by atoms with Crippen LogP contribution in [0.4, 0.5) is 4.79 Å². The van der Waals surface area contributed by atoms with Gasteiger partial charge >= 0.3 is 6.09 Å². The average Bonchev–Trinajstić information content (AvgIpc) is 2.90. The molecule has 0 saturated carbocycles. The summed E-state index contributed by atoms with van der Waals surface area (Å²) in [6.45, 7) is 5.56. The summed E-state index contributed by atoms with van der Waals surface area (Å²) in [6, 6.07) is 6.75. The van der Waals surface area contributed by atoms with Crippen molar-refractivity contribution in [1.29, 1.82) is 0 Å². The number of hydrogen-bond acceptors (Lipinski definition) is 6. The van der Waals surface area contributed by atoms with Crippen molar-refractivity contribution in [3.05, 3.63) is 40.7 Å². The maximum Gasteiger partial charge on any atom is 0.408 e. The minimum atomic E-state index is -0.562. The summed E-state index contributed by atoms with van der Waals surface area (Å²) in [6.07, 6.45) is -0.521. The molecule has 0 saturated heterocycles. The van der Waals surface area contributed by atoms with E-state index in [2.05, 4.69) is 15.5 Å². The molecule has 0 aliphatic rings. The summed E-state index contributed by atoms with van der Waals surface area (Å²) in [5.74, 6) is 0.771. The first kappa shape index (κ1) is 20.3. The predicted octanol–water partition coefficient (Wildman–Crippen LogP) is 3.47. The molecule has 0 aliphatic carbocycles. The number of halogens is 1. The van der Waals surface area contributed by atoms with E-state index in [0.717, 1.165) is 0 Å². The zero-order valence-electron chi connectivity index (χ0n) is 15.1. The first-order chi connectivity index (χ1) is 12.2. The van der Waals surface area contributed by atoms with Crippen molar-refractivity contribution in [2.75, 3.05) is 5.75 Å². The van der Waals surface area contributed by atoms with Crippen LogP contribution in [0.5, 0.6) is 0 Å². The van der Waals surface area contributed by atoms with E-state index >= 15 is 0 Å². The molecule has 0 unspecified atom stereocenters. The van der Waals surface area contributed by atoms with Gasteiger partial charge in [0.2, 0.25) is 0 Å². The second kappa shape index (κ2) is 8.55. The highest BCUT2D eigenvalue weighted by Crippen LogP contribution is 2.18. The van der Waals surface area contributed by atoms with Gasteiger partial charge in [0.25, 0.3) is 0 Å². The number of ketones is 1. The molecule has 9 heteroatoms. The Morgan fingerprint density at radius 2 is 1.88 bits per heavy atom. The molecule has 1 heterocycles. The quantitative estimate of drug-likeness (QED) is 0.594. The number of nitrogens with zero attached hydrogens (tertiary/aromatic N) is 3. The standard InChI is InChI=1S/C17H21ClN4O3S/c1-17(2,3)25-16(24)19-9-14-20-21-15(22(14)4)26-10-13(23)11-5-7-12(18)8-6-11/h5-8H,9-10H2,1-4H3,(H,19,24). The molecule has 1 N–H and O–H groups in total. The predicted molar refractivity (Wildman–Crippen MR) is 101 cm³/mol. The number of Topliss-reactive ketones (excluding diaryl/α,β-unsaturated/α-hetero) is 1. The van der Waals surface area contributed by atoms with E-state index in [1.165, 1.54) is 11.8 Å². The number of thioether (sulfide) groups is 1. The Hall–Kier alpha value is -2.06. The van der Waals surface area contributed by atoms with E-state index in [1.807, 2.05) is 0 Å². The summed E-state index contributed by atoms with van der Waals surface area (Å²) in [4.78, 5) is 23.9. The largest absolute Gasteiger partial charge is 0.444 e. The molecular formula is C17H21ClN4O3S. The zero-order valence-corrected chi connectivity index (χ0v) is 16.6. The lowest BCUT2D eigenvalue weighted by Gasteiger charge is -2.19. The van der Waals surface area contributed by atoms with Crippen molar-refractivity contribution < 1.29 is 14.3 Å². The van der Waals surface area contributed by atoms with E-state index in [4.69, 9.17) is 16.3 Å². The van der Waals surface area contributed by atoms with E-state index in [9.17, 15) is 9.59 Å². The highest BCUT2D eigenvalue weighted by Gasteiger charge is 2.17. The van der Waals surface area contributed by atoms with Crippen LogP contribution >= 0.6 is 23.4 Å². The Labute approximate surface area is 161 Å². The third-order valence-corrected chi connectivity index (χ3v) is 4.49. The number of ether oxygens (including phenoxy) is 1. The lowest BCUT2D eigenvalue weighted by molar-refractivity contribution is 0.0521. The van der Waals surface area contributed by atoms with Crippen LogP contribution in [0.2, 0.25) is 5.02 Å². The second-order valence-electron chi connectivity index (χ2n) is 6.53. The minimum absolute atomic E-state index is 0.0249. The number of hydrogen-bond donors (Lipinski definition) is 1. The number of rotatable bonds is 6. The molecule has 1 aromatic carbocycles. The van der Waals surface area contributed by atoms with Gasteiger partial charge < -0.3 is 14.6 Å². The van der Waals surface area contributed by atoms with Crippen LogP contribution in [0, 0.1) is 0 Å². The summed E-state index contributed by atoms with van der Waals surface area (Å²) >= 11 is 7.11. The molecule has 26 heavy (non-hydrogen) atoms. The van der Waals surface area contributed by atoms with Crippen LogP contribution in [0.1, 0.15) is 37.0 Å². The van der Waals surface area contributed by atoms with Gasteiger partial charge in [0.15, 0.2) is 16.8 Å². The number of carbonyl (C=O) groups is 2. The second-order valence-corrected chi connectivity index (χ2v) is 7.91. The maximum atomic E-state index is 12.2. The molecule has 0 radical (unpaired) electrons. The topological polar surface area (TPSA) is 86.1 Å². The van der Waals surface area contributed by atoms with Gasteiger partial charge in [0.05, 0.1) is 12.3 Å². The van der Waals surface area contributed by atoms with Gasteiger partial charge in [-0.2, -0.15) is 0 Å². The van der Waals surface area contributed by atoms with Crippen LogP contribution in [-0.4, -0.2) is 38.0 Å². The molecule has 0 bridgehead atoms. The summed E-state index contributed by atoms with van der Waals surface area (Å²) in [5, 5.41) is 11.9. The van der Waals surface area contributed by atoms with Crippen molar-refractivity contribution in [3.63, 3.8) is 0 Å². The van der Waals surface area contributed by atoms with Crippen LogP contribution in [0.25, 0.3) is 0 Å². The molecule has 7 nitrogen and oxygen atoms in total. The van der Waals surface area contributed by atoms with Gasteiger partial charge in [0.1, 0.15) is 5.60 Å². The van der Waals surface area contributed by atoms with Gasteiger partial charge in [0, 0.05) is 17.6 Å². The fourth-order valence-electron chi connectivity index (χ4n) is 1.94. The molecule has 0 spiro atoms. The molecule has 140 valence electrons. The van der Waals surface area contributed by atoms with Crippen LogP contribution in [0.15, 0.2) is 29.4 Å². The number of amides is 1. The molecule has 2 rings (SSSR count). The number of benzene rings is 1. The highest BCUT2D eigenvalue weighted by atomic mass is 35.5. The fraction of sp³-hybridized carbons (Fsp3) is 0.412. The molecule has 2 aromatic rings. The van der Waals surface area contributed by atoms with Crippen molar-refractivity contribution in [2.24, 2.45) is 7.05 Å². The molecular weight excluding hydrogens is 376 g/mol. The van der Waals surface area contributed by atoms with Crippen molar-refractivity contribution >= 4 is 35.2 Å². The lowest BCUT2D eigenvalue weighted by atomic mass is 10.1. The van der Waals surface area contributed by atoms with E-state index in [0.29, 0.717) is 21.6 Å². The lowest BCUT2D eigenvalue weighted by Crippen LogP contribution is -2.32. The first-order valence-electron chi connectivity index (χ1n) is 7.92. The number of nitrogens with one attached hydrogen (secondary N) is 1. The number of alkyl carbamates (subject to hydrolysis) is 1. The maximum absolute atomic E-state index is 12.2. The fourth-order valence-corrected chi connectivity index (χ4v) is 2.89. The van der Waals surface area contributed by atoms with Crippen molar-refractivity contribution in [1.82, 2.24) is 20.1 Å². The van der Waals surface area contributed by atoms with Gasteiger partial charge in [-0.25, -0.2) is 4.79 Å². The molecule has 0 fully saturated rings. The Bertz CT molecular complexity index is 784. The van der Waals surface area contributed by atoms with E-state index in [1.54, 1.807) is 56.7 Å². The Morgan fingerprint density at radius 3 is 2.50 bits per heavy atom. The highest BCUT2D eigenvalue weighted by molar-refractivity contribution is 7.99. The normalized spacial score (nSPS) is 11.3. The SMILES string of the molecule is Cn1c(CNC(=O)OC(C)(C)C)nnc1SCC(=O)c1ccc(Cl)cc1. The third kappa shape index (κ3) is 6.03. The van der Waals surface area contributed by atoms with Gasteiger partial charge in [-0.05, 0) is 45.0 Å². The number of carbonyl (C=O) groups excluding carboxylic acids is 2. The van der Waals surface area contributed by atoms with Crippen LogP contribution < -0.4 is 5.32 Å². The van der Waals surface area contributed by atoms with E-state index in [-0.39, 0.29) is 18.1 Å². The monoisotopic (exact) mass is 396 g/mol. The zero-order chi connectivity index (χ0) is 19.3.